The number of primary amides is 1. The summed E-state index contributed by atoms with van der Waals surface area (Å²) in [5.74, 6) is -0.578. The zero-order valence-electron chi connectivity index (χ0n) is 16.9. The zero-order valence-corrected chi connectivity index (χ0v) is 16.9. The third-order valence-corrected chi connectivity index (χ3v) is 6.50. The summed E-state index contributed by atoms with van der Waals surface area (Å²) in [6, 6.07) is 13.1. The Bertz CT molecular complexity index is 1090. The smallest absolute Gasteiger partial charge is 0.248 e. The molecule has 2 N–H and O–H groups in total. The molecule has 30 heavy (non-hydrogen) atoms. The van der Waals surface area contributed by atoms with E-state index < -0.39 is 0 Å². The molecule has 0 radical (unpaired) electrons. The Balaban J connectivity index is 1.24. The van der Waals surface area contributed by atoms with E-state index in [1.54, 1.807) is 12.1 Å². The molecule has 1 unspecified atom stereocenters. The Morgan fingerprint density at radius 1 is 1.20 bits per heavy atom. The number of carbonyl (C=O) groups is 1. The van der Waals surface area contributed by atoms with Crippen LogP contribution in [0.2, 0.25) is 0 Å². The average Bonchev–Trinajstić information content (AvgIpc) is 3.38. The topological polar surface area (TPSA) is 60.5 Å². The molecule has 2 atom stereocenters. The highest BCUT2D eigenvalue weighted by molar-refractivity contribution is 5.93. The molecule has 0 spiro atoms. The second-order valence-corrected chi connectivity index (χ2v) is 8.35. The predicted octanol–water partition coefficient (Wildman–Crippen LogP) is 3.83. The molecule has 0 bridgehead atoms. The largest absolute Gasteiger partial charge is 0.373 e. The molecule has 5 rings (SSSR count). The Hall–Kier alpha value is -2.70. The number of nitrogens with zero attached hydrogens (tertiary/aromatic N) is 2. The van der Waals surface area contributed by atoms with Crippen LogP contribution >= 0.6 is 0 Å². The maximum absolute atomic E-state index is 13.7. The molecular weight excluding hydrogens is 381 g/mol. The molecule has 2 aliphatic rings. The number of likely N-dealkylation sites (tertiary alicyclic amines) is 1. The first kappa shape index (κ1) is 19.3. The highest BCUT2D eigenvalue weighted by Crippen LogP contribution is 2.32. The minimum atomic E-state index is -0.388. The number of benzene rings is 2. The summed E-state index contributed by atoms with van der Waals surface area (Å²) in [6.07, 6.45) is 4.92. The molecule has 1 amide bonds. The first-order valence-electron chi connectivity index (χ1n) is 10.6. The fourth-order valence-electron chi connectivity index (χ4n) is 4.91. The van der Waals surface area contributed by atoms with E-state index in [9.17, 15) is 9.18 Å². The lowest BCUT2D eigenvalue weighted by atomic mass is 9.93. The number of ether oxygens (including phenoxy) is 1. The number of halogens is 1. The van der Waals surface area contributed by atoms with Crippen molar-refractivity contribution in [2.75, 3.05) is 26.2 Å². The number of rotatable bonds is 5. The van der Waals surface area contributed by atoms with Crippen LogP contribution in [0.25, 0.3) is 10.9 Å². The summed E-state index contributed by atoms with van der Waals surface area (Å²) in [7, 11) is 0. The van der Waals surface area contributed by atoms with E-state index in [1.807, 2.05) is 18.2 Å². The second-order valence-electron chi connectivity index (χ2n) is 8.35. The van der Waals surface area contributed by atoms with Gasteiger partial charge in [-0.05, 0) is 72.2 Å². The minimum absolute atomic E-state index is 0.0521. The number of hydrogen-bond donors (Lipinski definition) is 1. The highest BCUT2D eigenvalue weighted by atomic mass is 19.1. The van der Waals surface area contributed by atoms with Crippen molar-refractivity contribution in [3.05, 3.63) is 71.2 Å². The van der Waals surface area contributed by atoms with E-state index in [2.05, 4.69) is 21.7 Å². The van der Waals surface area contributed by atoms with Gasteiger partial charge in [-0.3, -0.25) is 4.79 Å². The van der Waals surface area contributed by atoms with Crippen LogP contribution in [0.15, 0.2) is 48.7 Å². The summed E-state index contributed by atoms with van der Waals surface area (Å²) in [4.78, 5) is 13.9. The zero-order chi connectivity index (χ0) is 20.7. The molecule has 5 nitrogen and oxygen atoms in total. The van der Waals surface area contributed by atoms with Crippen molar-refractivity contribution in [3.63, 3.8) is 0 Å². The molecule has 3 heterocycles. The lowest BCUT2D eigenvalue weighted by molar-refractivity contribution is 0.0305. The van der Waals surface area contributed by atoms with Crippen LogP contribution < -0.4 is 5.73 Å². The Morgan fingerprint density at radius 3 is 2.97 bits per heavy atom. The molecule has 3 aromatic rings. The molecule has 1 saturated heterocycles. The van der Waals surface area contributed by atoms with E-state index in [-0.39, 0.29) is 17.8 Å². The van der Waals surface area contributed by atoms with Crippen molar-refractivity contribution < 1.29 is 13.9 Å². The van der Waals surface area contributed by atoms with Gasteiger partial charge in [0.1, 0.15) is 5.82 Å². The first-order chi connectivity index (χ1) is 14.6. The van der Waals surface area contributed by atoms with E-state index in [0.29, 0.717) is 18.2 Å². The maximum atomic E-state index is 13.7. The maximum Gasteiger partial charge on any atom is 0.248 e. The fraction of sp³-hybridized carbons (Fsp3) is 0.375. The van der Waals surface area contributed by atoms with Crippen LogP contribution in [-0.2, 0) is 11.2 Å². The van der Waals surface area contributed by atoms with Gasteiger partial charge in [0.2, 0.25) is 5.91 Å². The summed E-state index contributed by atoms with van der Waals surface area (Å²) in [6.45, 7) is 3.61. The number of nitrogens with two attached hydrogens (primary N) is 1. The lowest BCUT2D eigenvalue weighted by Crippen LogP contribution is -2.26. The lowest BCUT2D eigenvalue weighted by Gasteiger charge is -2.28. The summed E-state index contributed by atoms with van der Waals surface area (Å²) in [5.41, 5.74) is 9.29. The highest BCUT2D eigenvalue weighted by Gasteiger charge is 2.27. The third kappa shape index (κ3) is 3.61. The van der Waals surface area contributed by atoms with Crippen LogP contribution in [0.1, 0.15) is 46.5 Å². The second kappa shape index (κ2) is 7.85. The van der Waals surface area contributed by atoms with Crippen LogP contribution in [-0.4, -0.2) is 41.6 Å². The summed E-state index contributed by atoms with van der Waals surface area (Å²) >= 11 is 0. The molecule has 6 heteroatoms. The van der Waals surface area contributed by atoms with Crippen LogP contribution in [0.5, 0.6) is 0 Å². The minimum Gasteiger partial charge on any atom is -0.373 e. The van der Waals surface area contributed by atoms with Crippen molar-refractivity contribution in [3.8, 4) is 0 Å². The molecule has 2 aromatic carbocycles. The molecule has 1 aromatic heterocycles. The van der Waals surface area contributed by atoms with Gasteiger partial charge in [0, 0.05) is 37.4 Å². The van der Waals surface area contributed by atoms with Gasteiger partial charge in [0.15, 0.2) is 0 Å². The Kier molecular flexibility index (Phi) is 5.05. The predicted molar refractivity (Wildman–Crippen MR) is 114 cm³/mol. The third-order valence-electron chi connectivity index (χ3n) is 6.50. The van der Waals surface area contributed by atoms with Crippen LogP contribution in [0.3, 0.4) is 0 Å². The number of carbonyl (C=O) groups excluding carboxylic acids is 1. The van der Waals surface area contributed by atoms with Gasteiger partial charge in [-0.2, -0.15) is 0 Å². The standard InChI is InChI=1S/C24H26FN3O2/c25-19-3-1-16-5-11-28(22(16)14-19)20-6-9-27(15-20)10-7-23-21-4-2-18(24(26)29)13-17(21)8-12-30-23/h1-5,11,13-14,20,23H,6-10,12,15H2,(H2,26,29)/t20-,23?/m1/s1. The molecule has 2 aliphatic heterocycles. The van der Waals surface area contributed by atoms with Crippen molar-refractivity contribution in [1.29, 1.82) is 0 Å². The molecule has 1 fully saturated rings. The number of fused-ring (bicyclic) bond motifs is 2. The molecule has 0 aliphatic carbocycles. The average molecular weight is 407 g/mol. The van der Waals surface area contributed by atoms with E-state index in [1.165, 1.54) is 17.2 Å². The van der Waals surface area contributed by atoms with Crippen LogP contribution in [0.4, 0.5) is 4.39 Å². The van der Waals surface area contributed by atoms with Crippen molar-refractivity contribution in [2.45, 2.75) is 31.4 Å². The number of amides is 1. The Labute approximate surface area is 175 Å². The first-order valence-corrected chi connectivity index (χ1v) is 10.6. The quantitative estimate of drug-likeness (QED) is 0.699. The fourth-order valence-corrected chi connectivity index (χ4v) is 4.91. The van der Waals surface area contributed by atoms with E-state index in [0.717, 1.165) is 49.8 Å². The van der Waals surface area contributed by atoms with Gasteiger partial charge in [0.05, 0.1) is 18.2 Å². The molecule has 0 saturated carbocycles. The Morgan fingerprint density at radius 2 is 2.10 bits per heavy atom. The van der Waals surface area contributed by atoms with Gasteiger partial charge in [-0.25, -0.2) is 4.39 Å². The van der Waals surface area contributed by atoms with Gasteiger partial charge < -0.3 is 19.9 Å². The molecular formula is C24H26FN3O2. The van der Waals surface area contributed by atoms with E-state index in [4.69, 9.17) is 10.5 Å². The van der Waals surface area contributed by atoms with E-state index >= 15 is 0 Å². The number of hydrogen-bond acceptors (Lipinski definition) is 3. The van der Waals surface area contributed by atoms with Crippen molar-refractivity contribution in [2.24, 2.45) is 5.73 Å². The van der Waals surface area contributed by atoms with Crippen molar-refractivity contribution >= 4 is 16.8 Å². The van der Waals surface area contributed by atoms with Gasteiger partial charge in [0.25, 0.3) is 0 Å². The SMILES string of the molecule is NC(=O)c1ccc2c(c1)CCOC2CCN1CC[C@@H](n2ccc3ccc(F)cc32)C1. The summed E-state index contributed by atoms with van der Waals surface area (Å²) in [5, 5.41) is 1.08. The summed E-state index contributed by atoms with van der Waals surface area (Å²) < 4.78 is 22.0. The van der Waals surface area contributed by atoms with Gasteiger partial charge in [-0.1, -0.05) is 6.07 Å². The molecule has 156 valence electrons. The van der Waals surface area contributed by atoms with Gasteiger partial charge >= 0.3 is 0 Å². The van der Waals surface area contributed by atoms with Crippen LogP contribution in [0, 0.1) is 5.82 Å². The number of aromatic nitrogens is 1. The van der Waals surface area contributed by atoms with Crippen molar-refractivity contribution in [1.82, 2.24) is 9.47 Å². The monoisotopic (exact) mass is 407 g/mol. The van der Waals surface area contributed by atoms with Gasteiger partial charge in [-0.15, -0.1) is 0 Å². The normalized spacial score (nSPS) is 21.8.